The maximum atomic E-state index is 11.5. The Balaban J connectivity index is 2.07. The number of hydrogen-bond acceptors (Lipinski definition) is 4. The van der Waals surface area contributed by atoms with E-state index < -0.39 is 9.84 Å². The highest BCUT2D eigenvalue weighted by Gasteiger charge is 2.19. The molecular formula is C12H16ClNO3S. The second kappa shape index (κ2) is 5.47. The van der Waals surface area contributed by atoms with Gasteiger partial charge in [0.1, 0.15) is 5.75 Å². The van der Waals surface area contributed by atoms with Crippen LogP contribution in [-0.2, 0) is 16.4 Å². The van der Waals surface area contributed by atoms with Crippen LogP contribution < -0.4 is 0 Å². The first-order chi connectivity index (χ1) is 8.46. The molecule has 1 fully saturated rings. The van der Waals surface area contributed by atoms with Gasteiger partial charge in [0.05, 0.1) is 11.5 Å². The van der Waals surface area contributed by atoms with Gasteiger partial charge in [0, 0.05) is 23.7 Å². The first kappa shape index (κ1) is 13.6. The summed E-state index contributed by atoms with van der Waals surface area (Å²) in [6.45, 7) is 1.77. The van der Waals surface area contributed by atoms with E-state index >= 15 is 0 Å². The van der Waals surface area contributed by atoms with Gasteiger partial charge in [-0.3, -0.25) is 4.90 Å². The average Bonchev–Trinajstić information content (AvgIpc) is 2.46. The van der Waals surface area contributed by atoms with Crippen molar-refractivity contribution in [1.82, 2.24) is 4.90 Å². The smallest absolute Gasteiger partial charge is 0.151 e. The summed E-state index contributed by atoms with van der Waals surface area (Å²) in [7, 11) is -2.89. The highest BCUT2D eigenvalue weighted by molar-refractivity contribution is 7.91. The van der Waals surface area contributed by atoms with Crippen LogP contribution >= 0.6 is 11.6 Å². The molecule has 1 N–H and O–H groups in total. The highest BCUT2D eigenvalue weighted by atomic mass is 35.5. The first-order valence-corrected chi connectivity index (χ1v) is 8.06. The second-order valence-corrected chi connectivity index (χ2v) is 7.29. The zero-order valence-corrected chi connectivity index (χ0v) is 11.5. The van der Waals surface area contributed by atoms with Crippen LogP contribution in [-0.4, -0.2) is 43.0 Å². The Bertz CT molecular complexity index is 530. The van der Waals surface area contributed by atoms with Crippen LogP contribution in [0.15, 0.2) is 18.2 Å². The fourth-order valence-electron chi connectivity index (χ4n) is 2.07. The van der Waals surface area contributed by atoms with E-state index in [1.807, 2.05) is 4.90 Å². The molecule has 1 aliphatic heterocycles. The number of benzene rings is 1. The molecule has 1 aromatic rings. The molecule has 2 rings (SSSR count). The van der Waals surface area contributed by atoms with E-state index in [0.29, 0.717) is 24.5 Å². The lowest BCUT2D eigenvalue weighted by Gasteiger charge is -2.19. The van der Waals surface area contributed by atoms with Crippen LogP contribution in [0.25, 0.3) is 0 Å². The van der Waals surface area contributed by atoms with Crippen molar-refractivity contribution in [1.29, 1.82) is 0 Å². The molecule has 0 unspecified atom stereocenters. The molecule has 1 aromatic carbocycles. The third-order valence-corrected chi connectivity index (χ3v) is 5.03. The van der Waals surface area contributed by atoms with Gasteiger partial charge in [-0.05, 0) is 31.2 Å². The van der Waals surface area contributed by atoms with E-state index in [9.17, 15) is 13.5 Å². The summed E-state index contributed by atoms with van der Waals surface area (Å²) >= 11 is 5.89. The molecule has 0 bridgehead atoms. The summed E-state index contributed by atoms with van der Waals surface area (Å²) in [5.74, 6) is 0.644. The summed E-state index contributed by atoms with van der Waals surface area (Å²) in [5, 5.41) is 10.3. The predicted octanol–water partition coefficient (Wildman–Crippen LogP) is 1.67. The zero-order chi connectivity index (χ0) is 13.2. The van der Waals surface area contributed by atoms with Crippen molar-refractivity contribution in [3.63, 3.8) is 0 Å². The predicted molar refractivity (Wildman–Crippen MR) is 71.7 cm³/mol. The Morgan fingerprint density at radius 3 is 2.83 bits per heavy atom. The summed E-state index contributed by atoms with van der Waals surface area (Å²) in [6, 6.07) is 4.91. The van der Waals surface area contributed by atoms with Gasteiger partial charge >= 0.3 is 0 Å². The van der Waals surface area contributed by atoms with E-state index in [-0.39, 0.29) is 17.3 Å². The molecule has 0 saturated carbocycles. The number of halogens is 1. The van der Waals surface area contributed by atoms with Crippen molar-refractivity contribution in [2.75, 3.05) is 24.6 Å². The normalized spacial score (nSPS) is 20.5. The van der Waals surface area contributed by atoms with E-state index in [0.717, 1.165) is 12.1 Å². The van der Waals surface area contributed by atoms with Crippen molar-refractivity contribution in [3.8, 4) is 5.75 Å². The molecular weight excluding hydrogens is 274 g/mol. The van der Waals surface area contributed by atoms with Crippen LogP contribution in [0.4, 0.5) is 0 Å². The van der Waals surface area contributed by atoms with E-state index in [2.05, 4.69) is 0 Å². The fourth-order valence-corrected chi connectivity index (χ4v) is 3.57. The number of sulfone groups is 1. The molecule has 1 heterocycles. The van der Waals surface area contributed by atoms with Crippen LogP contribution in [0.2, 0.25) is 5.02 Å². The minimum Gasteiger partial charge on any atom is -0.508 e. The van der Waals surface area contributed by atoms with Gasteiger partial charge in [0.15, 0.2) is 9.84 Å². The Morgan fingerprint density at radius 1 is 1.28 bits per heavy atom. The molecule has 0 radical (unpaired) electrons. The third kappa shape index (κ3) is 3.60. The Kier molecular flexibility index (Phi) is 4.14. The quantitative estimate of drug-likeness (QED) is 0.900. The van der Waals surface area contributed by atoms with E-state index in [1.165, 1.54) is 0 Å². The van der Waals surface area contributed by atoms with Crippen LogP contribution in [0.1, 0.15) is 12.0 Å². The SMILES string of the molecule is O=S1(=O)CCCN(Cc2cc(Cl)ccc2O)CC1. The Morgan fingerprint density at radius 2 is 2.06 bits per heavy atom. The number of hydrogen-bond donors (Lipinski definition) is 1. The molecule has 0 atom stereocenters. The molecule has 100 valence electrons. The minimum absolute atomic E-state index is 0.189. The van der Waals surface area contributed by atoms with E-state index in [1.54, 1.807) is 18.2 Å². The lowest BCUT2D eigenvalue weighted by Crippen LogP contribution is -2.26. The van der Waals surface area contributed by atoms with Gasteiger partial charge in [-0.25, -0.2) is 8.42 Å². The molecule has 0 aliphatic carbocycles. The van der Waals surface area contributed by atoms with Gasteiger partial charge in [-0.15, -0.1) is 0 Å². The number of phenols is 1. The van der Waals surface area contributed by atoms with Gasteiger partial charge in [0.25, 0.3) is 0 Å². The largest absolute Gasteiger partial charge is 0.508 e. The highest BCUT2D eigenvalue weighted by Crippen LogP contribution is 2.23. The van der Waals surface area contributed by atoms with Crippen molar-refractivity contribution in [2.45, 2.75) is 13.0 Å². The number of aromatic hydroxyl groups is 1. The lowest BCUT2D eigenvalue weighted by molar-refractivity contribution is 0.282. The van der Waals surface area contributed by atoms with Crippen LogP contribution in [0, 0.1) is 0 Å². The fraction of sp³-hybridized carbons (Fsp3) is 0.500. The van der Waals surface area contributed by atoms with E-state index in [4.69, 9.17) is 11.6 Å². The molecule has 0 spiro atoms. The van der Waals surface area contributed by atoms with Crippen LogP contribution in [0.3, 0.4) is 0 Å². The molecule has 6 heteroatoms. The second-order valence-electron chi connectivity index (χ2n) is 4.55. The van der Waals surface area contributed by atoms with Gasteiger partial charge in [-0.2, -0.15) is 0 Å². The summed E-state index contributed by atoms with van der Waals surface area (Å²) in [4.78, 5) is 2.04. The number of rotatable bonds is 2. The number of nitrogens with zero attached hydrogens (tertiary/aromatic N) is 1. The maximum Gasteiger partial charge on any atom is 0.151 e. The van der Waals surface area contributed by atoms with Crippen LogP contribution in [0.5, 0.6) is 5.75 Å². The van der Waals surface area contributed by atoms with Gasteiger partial charge in [-0.1, -0.05) is 11.6 Å². The molecule has 4 nitrogen and oxygen atoms in total. The summed E-state index contributed by atoms with van der Waals surface area (Å²) < 4.78 is 23.0. The third-order valence-electron chi connectivity index (χ3n) is 3.08. The molecule has 1 aliphatic rings. The monoisotopic (exact) mass is 289 g/mol. The minimum atomic E-state index is -2.89. The van der Waals surface area contributed by atoms with Crippen molar-refractivity contribution >= 4 is 21.4 Å². The summed E-state index contributed by atoms with van der Waals surface area (Å²) in [6.07, 6.45) is 0.643. The molecule has 0 aromatic heterocycles. The van der Waals surface area contributed by atoms with Crippen molar-refractivity contribution in [3.05, 3.63) is 28.8 Å². The van der Waals surface area contributed by atoms with Crippen molar-refractivity contribution < 1.29 is 13.5 Å². The van der Waals surface area contributed by atoms with Gasteiger partial charge < -0.3 is 5.11 Å². The molecule has 0 amide bonds. The first-order valence-electron chi connectivity index (χ1n) is 5.86. The number of phenolic OH excluding ortho intramolecular Hbond substituents is 1. The molecule has 18 heavy (non-hydrogen) atoms. The molecule has 1 saturated heterocycles. The standard InChI is InChI=1S/C12H16ClNO3S/c13-11-2-3-12(15)10(8-11)9-14-4-1-6-18(16,17)7-5-14/h2-3,8,15H,1,4-7,9H2. The topological polar surface area (TPSA) is 57.6 Å². The Hall–Kier alpha value is -0.780. The lowest BCUT2D eigenvalue weighted by atomic mass is 10.2. The van der Waals surface area contributed by atoms with Crippen molar-refractivity contribution in [2.24, 2.45) is 0 Å². The Labute approximate surface area is 112 Å². The maximum absolute atomic E-state index is 11.5. The average molecular weight is 290 g/mol. The zero-order valence-electron chi connectivity index (χ0n) is 9.97. The summed E-state index contributed by atoms with van der Waals surface area (Å²) in [5.41, 5.74) is 0.738. The van der Waals surface area contributed by atoms with Gasteiger partial charge in [0.2, 0.25) is 0 Å².